The molecule has 0 saturated heterocycles. The van der Waals surface area contributed by atoms with E-state index in [-0.39, 0.29) is 5.91 Å². The number of anilines is 1. The second-order valence-corrected chi connectivity index (χ2v) is 5.77. The van der Waals surface area contributed by atoms with Crippen LogP contribution in [0.5, 0.6) is 5.75 Å². The molecule has 0 radical (unpaired) electrons. The van der Waals surface area contributed by atoms with Gasteiger partial charge in [0.15, 0.2) is 0 Å². The van der Waals surface area contributed by atoms with Crippen molar-refractivity contribution < 1.29 is 9.53 Å². The monoisotopic (exact) mass is 291 g/mol. The molecule has 1 heterocycles. The number of hydrogen-bond donors (Lipinski definition) is 2. The van der Waals surface area contributed by atoms with Crippen LogP contribution in [-0.2, 0) is 5.54 Å². The first-order valence-corrected chi connectivity index (χ1v) is 6.98. The van der Waals surface area contributed by atoms with Gasteiger partial charge in [0.25, 0.3) is 5.91 Å². The van der Waals surface area contributed by atoms with E-state index in [4.69, 9.17) is 10.5 Å². The number of nitrogens with zero attached hydrogens (tertiary/aromatic N) is 1. The van der Waals surface area contributed by atoms with Crippen molar-refractivity contribution in [1.82, 2.24) is 10.3 Å². The van der Waals surface area contributed by atoms with E-state index in [1.54, 1.807) is 24.4 Å². The van der Waals surface area contributed by atoms with Crippen molar-refractivity contribution in [3.05, 3.63) is 40.3 Å². The number of ether oxygens (including phenoxy) is 1. The molecular formula is C14H17N3O2S. The highest BCUT2D eigenvalue weighted by molar-refractivity contribution is 7.09. The van der Waals surface area contributed by atoms with Gasteiger partial charge in [0, 0.05) is 23.3 Å². The largest absolute Gasteiger partial charge is 0.496 e. The van der Waals surface area contributed by atoms with Crippen molar-refractivity contribution in [3.8, 4) is 5.75 Å². The van der Waals surface area contributed by atoms with Gasteiger partial charge in [-0.2, -0.15) is 0 Å². The molecule has 106 valence electrons. The molecule has 2 aromatic rings. The number of nitrogens with one attached hydrogen (secondary N) is 1. The maximum Gasteiger partial charge on any atom is 0.255 e. The summed E-state index contributed by atoms with van der Waals surface area (Å²) in [6, 6.07) is 4.96. The average Bonchev–Trinajstić information content (AvgIpc) is 2.92. The molecule has 0 spiro atoms. The Morgan fingerprint density at radius 2 is 2.20 bits per heavy atom. The Labute approximate surface area is 121 Å². The molecule has 0 aliphatic rings. The first-order chi connectivity index (χ1) is 9.44. The second kappa shape index (κ2) is 5.50. The van der Waals surface area contributed by atoms with Crippen LogP contribution in [-0.4, -0.2) is 18.0 Å². The van der Waals surface area contributed by atoms with Crippen LogP contribution in [0.4, 0.5) is 5.69 Å². The minimum absolute atomic E-state index is 0.220. The summed E-state index contributed by atoms with van der Waals surface area (Å²) in [5, 5.41) is 5.69. The minimum Gasteiger partial charge on any atom is -0.496 e. The minimum atomic E-state index is -0.544. The molecule has 1 aromatic carbocycles. The second-order valence-electron chi connectivity index (χ2n) is 4.88. The van der Waals surface area contributed by atoms with Gasteiger partial charge in [0.2, 0.25) is 0 Å². The molecular weight excluding hydrogens is 274 g/mol. The maximum atomic E-state index is 12.4. The molecule has 5 nitrogen and oxygen atoms in total. The van der Waals surface area contributed by atoms with Gasteiger partial charge in [-0.3, -0.25) is 4.79 Å². The Morgan fingerprint density at radius 3 is 2.80 bits per heavy atom. The molecule has 0 fully saturated rings. The van der Waals surface area contributed by atoms with Crippen LogP contribution in [0.3, 0.4) is 0 Å². The lowest BCUT2D eigenvalue weighted by Crippen LogP contribution is -2.41. The molecule has 2 rings (SSSR count). The summed E-state index contributed by atoms with van der Waals surface area (Å²) in [5.74, 6) is 0.236. The number of rotatable bonds is 4. The number of carbonyl (C=O) groups is 1. The fraction of sp³-hybridized carbons (Fsp3) is 0.286. The molecule has 20 heavy (non-hydrogen) atoms. The van der Waals surface area contributed by atoms with Crippen molar-refractivity contribution in [2.24, 2.45) is 0 Å². The van der Waals surface area contributed by atoms with E-state index in [2.05, 4.69) is 10.3 Å². The van der Waals surface area contributed by atoms with Crippen LogP contribution in [0.1, 0.15) is 29.2 Å². The summed E-state index contributed by atoms with van der Waals surface area (Å²) in [6.45, 7) is 3.82. The molecule has 0 aliphatic carbocycles. The summed E-state index contributed by atoms with van der Waals surface area (Å²) in [7, 11) is 1.51. The van der Waals surface area contributed by atoms with Crippen molar-refractivity contribution in [2.75, 3.05) is 12.8 Å². The van der Waals surface area contributed by atoms with Gasteiger partial charge in [0.05, 0.1) is 18.2 Å². The fourth-order valence-corrected chi connectivity index (χ4v) is 2.55. The van der Waals surface area contributed by atoms with Crippen LogP contribution in [0.15, 0.2) is 29.8 Å². The highest BCUT2D eigenvalue weighted by atomic mass is 32.1. The van der Waals surface area contributed by atoms with Gasteiger partial charge in [-0.25, -0.2) is 4.98 Å². The third-order valence-electron chi connectivity index (χ3n) is 2.86. The zero-order valence-corrected chi connectivity index (χ0v) is 12.5. The summed E-state index contributed by atoms with van der Waals surface area (Å²) in [4.78, 5) is 16.6. The van der Waals surface area contributed by atoms with Gasteiger partial charge in [-0.05, 0) is 26.0 Å². The van der Waals surface area contributed by atoms with E-state index in [9.17, 15) is 4.79 Å². The number of methoxy groups -OCH3 is 1. The predicted octanol–water partition coefficient (Wildman–Crippen LogP) is 2.40. The predicted molar refractivity (Wildman–Crippen MR) is 80.0 cm³/mol. The SMILES string of the molecule is COc1cc(N)ccc1C(=O)NC(C)(C)c1nccs1. The average molecular weight is 291 g/mol. The quantitative estimate of drug-likeness (QED) is 0.848. The Kier molecular flexibility index (Phi) is 3.94. The third kappa shape index (κ3) is 2.91. The van der Waals surface area contributed by atoms with E-state index in [1.165, 1.54) is 18.4 Å². The standard InChI is InChI=1S/C14H17N3O2S/c1-14(2,13-16-6-7-20-13)17-12(18)10-5-4-9(15)8-11(10)19-3/h4-8H,15H2,1-3H3,(H,17,18). The third-order valence-corrected chi connectivity index (χ3v) is 3.96. The van der Waals surface area contributed by atoms with E-state index >= 15 is 0 Å². The maximum absolute atomic E-state index is 12.4. The normalized spacial score (nSPS) is 11.2. The molecule has 0 bridgehead atoms. The van der Waals surface area contributed by atoms with Crippen molar-refractivity contribution in [3.63, 3.8) is 0 Å². The van der Waals surface area contributed by atoms with Gasteiger partial charge in [0.1, 0.15) is 10.8 Å². The number of benzene rings is 1. The zero-order chi connectivity index (χ0) is 14.8. The van der Waals surface area contributed by atoms with Gasteiger partial charge in [-0.15, -0.1) is 11.3 Å². The van der Waals surface area contributed by atoms with Gasteiger partial charge < -0.3 is 15.8 Å². The fourth-order valence-electron chi connectivity index (χ4n) is 1.83. The number of hydrogen-bond acceptors (Lipinski definition) is 5. The van der Waals surface area contributed by atoms with Crippen LogP contribution < -0.4 is 15.8 Å². The van der Waals surface area contributed by atoms with Crippen molar-refractivity contribution in [1.29, 1.82) is 0 Å². The lowest BCUT2D eigenvalue weighted by atomic mass is 10.1. The van der Waals surface area contributed by atoms with E-state index in [0.717, 1.165) is 5.01 Å². The van der Waals surface area contributed by atoms with Gasteiger partial charge >= 0.3 is 0 Å². The van der Waals surface area contributed by atoms with E-state index in [0.29, 0.717) is 17.0 Å². The molecule has 6 heteroatoms. The first-order valence-electron chi connectivity index (χ1n) is 6.10. The number of nitrogen functional groups attached to an aromatic ring is 1. The smallest absolute Gasteiger partial charge is 0.255 e. The van der Waals surface area contributed by atoms with Gasteiger partial charge in [-0.1, -0.05) is 0 Å². The number of aromatic nitrogens is 1. The topological polar surface area (TPSA) is 77.2 Å². The number of amides is 1. The number of carbonyl (C=O) groups excluding carboxylic acids is 1. The Morgan fingerprint density at radius 1 is 1.45 bits per heavy atom. The molecule has 0 aliphatic heterocycles. The summed E-state index contributed by atoms with van der Waals surface area (Å²) < 4.78 is 5.20. The highest BCUT2D eigenvalue weighted by Crippen LogP contribution is 2.25. The molecule has 0 atom stereocenters. The van der Waals surface area contributed by atoms with Crippen molar-refractivity contribution >= 4 is 22.9 Å². The first kappa shape index (κ1) is 14.3. The molecule has 0 unspecified atom stereocenters. The zero-order valence-electron chi connectivity index (χ0n) is 11.6. The van der Waals surface area contributed by atoms with E-state index in [1.807, 2.05) is 19.2 Å². The summed E-state index contributed by atoms with van der Waals surface area (Å²) in [6.07, 6.45) is 1.72. The Bertz CT molecular complexity index is 609. The van der Waals surface area contributed by atoms with Crippen LogP contribution in [0, 0.1) is 0 Å². The number of nitrogens with two attached hydrogens (primary N) is 1. The van der Waals surface area contributed by atoms with Crippen LogP contribution in [0.2, 0.25) is 0 Å². The summed E-state index contributed by atoms with van der Waals surface area (Å²) >= 11 is 1.50. The Hall–Kier alpha value is -2.08. The number of thiazole rings is 1. The lowest BCUT2D eigenvalue weighted by molar-refractivity contribution is 0.0909. The lowest BCUT2D eigenvalue weighted by Gasteiger charge is -2.24. The van der Waals surface area contributed by atoms with Crippen LogP contribution in [0.25, 0.3) is 0 Å². The highest BCUT2D eigenvalue weighted by Gasteiger charge is 2.27. The summed E-state index contributed by atoms with van der Waals surface area (Å²) in [5.41, 5.74) is 6.15. The molecule has 3 N–H and O–H groups in total. The Balaban J connectivity index is 2.25. The van der Waals surface area contributed by atoms with Crippen molar-refractivity contribution in [2.45, 2.75) is 19.4 Å². The van der Waals surface area contributed by atoms with Crippen LogP contribution >= 0.6 is 11.3 Å². The molecule has 1 amide bonds. The molecule has 0 saturated carbocycles. The molecule has 1 aromatic heterocycles. The van der Waals surface area contributed by atoms with E-state index < -0.39 is 5.54 Å².